The van der Waals surface area contributed by atoms with Crippen molar-refractivity contribution in [1.82, 2.24) is 0 Å². The van der Waals surface area contributed by atoms with Crippen LogP contribution in [0.15, 0.2) is 121 Å². The number of alkyl halides is 3. The number of ether oxygens (including phenoxy) is 6. The molecule has 1 aliphatic heterocycles. The van der Waals surface area contributed by atoms with Gasteiger partial charge < -0.3 is 28.4 Å². The lowest BCUT2D eigenvalue weighted by atomic mass is 9.97. The number of hydrogen-bond acceptors (Lipinski definition) is 7. The molecule has 7 nitrogen and oxygen atoms in total. The fourth-order valence-corrected chi connectivity index (χ4v) is 5.57. The molecule has 4 aromatic rings. The molecule has 0 unspecified atom stereocenters. The summed E-state index contributed by atoms with van der Waals surface area (Å²) in [5.74, 6) is -0.266. The average molecular weight is 699 g/mol. The van der Waals surface area contributed by atoms with Gasteiger partial charge in [0.2, 0.25) is 6.29 Å². The van der Waals surface area contributed by atoms with Gasteiger partial charge in [-0.05, 0) is 22.3 Å². The summed E-state index contributed by atoms with van der Waals surface area (Å²) in [5.41, 5.74) is 3.92. The van der Waals surface area contributed by atoms with Crippen molar-refractivity contribution in [3.63, 3.8) is 0 Å². The maximum absolute atomic E-state index is 8.51. The molecular weight excluding hydrogens is 661 g/mol. The fourth-order valence-electron chi connectivity index (χ4n) is 5.21. The number of rotatable bonds is 15. The summed E-state index contributed by atoms with van der Waals surface area (Å²) in [5, 5.41) is 8.51. The second-order valence-electron chi connectivity index (χ2n) is 11.2. The zero-order valence-corrected chi connectivity index (χ0v) is 28.0. The Bertz CT molecular complexity index is 1480. The molecular formula is C37H38Cl3NO6. The number of nitrogens with one attached hydrogen (secondary N) is 1. The fraction of sp³-hybridized carbons (Fsp3) is 0.324. The van der Waals surface area contributed by atoms with Gasteiger partial charge >= 0.3 is 0 Å². The predicted octanol–water partition coefficient (Wildman–Crippen LogP) is 8.44. The van der Waals surface area contributed by atoms with Crippen LogP contribution in [0.5, 0.6) is 0 Å². The highest BCUT2D eigenvalue weighted by Gasteiger charge is 2.50. The van der Waals surface area contributed by atoms with Crippen LogP contribution in [0.3, 0.4) is 0 Å². The lowest BCUT2D eigenvalue weighted by molar-refractivity contribution is -0.313. The zero-order valence-electron chi connectivity index (χ0n) is 25.8. The minimum atomic E-state index is -1.73. The van der Waals surface area contributed by atoms with Crippen LogP contribution >= 0.6 is 34.8 Å². The summed E-state index contributed by atoms with van der Waals surface area (Å²) < 4.78 is 36.9. The molecule has 1 heterocycles. The van der Waals surface area contributed by atoms with E-state index in [1.165, 1.54) is 0 Å². The first-order chi connectivity index (χ1) is 22.8. The van der Waals surface area contributed by atoms with E-state index in [1.54, 1.807) is 0 Å². The Balaban J connectivity index is 1.45. The molecule has 0 aromatic heterocycles. The minimum absolute atomic E-state index is 0.155. The smallest absolute Gasteiger partial charge is 0.230 e. The molecule has 0 spiro atoms. The third-order valence-corrected chi connectivity index (χ3v) is 7.86. The van der Waals surface area contributed by atoms with Crippen LogP contribution in [-0.4, -0.2) is 47.0 Å². The van der Waals surface area contributed by atoms with Crippen molar-refractivity contribution in [3.8, 4) is 0 Å². The molecule has 0 amide bonds. The molecule has 0 bridgehead atoms. The van der Waals surface area contributed by atoms with Crippen LogP contribution in [0.25, 0.3) is 0 Å². The second-order valence-corrected chi connectivity index (χ2v) is 13.7. The first-order valence-corrected chi connectivity index (χ1v) is 16.5. The van der Waals surface area contributed by atoms with Gasteiger partial charge in [-0.1, -0.05) is 156 Å². The number of halogens is 3. The van der Waals surface area contributed by atoms with E-state index in [4.69, 9.17) is 68.6 Å². The van der Waals surface area contributed by atoms with E-state index in [9.17, 15) is 0 Å². The maximum Gasteiger partial charge on any atom is 0.230 e. The van der Waals surface area contributed by atoms with Gasteiger partial charge in [-0.15, -0.1) is 0 Å². The zero-order chi connectivity index (χ0) is 32.9. The monoisotopic (exact) mass is 697 g/mol. The van der Waals surface area contributed by atoms with Crippen LogP contribution in [0.2, 0.25) is 0 Å². The van der Waals surface area contributed by atoms with E-state index >= 15 is 0 Å². The lowest BCUT2D eigenvalue weighted by Gasteiger charge is -2.45. The van der Waals surface area contributed by atoms with Crippen molar-refractivity contribution in [2.75, 3.05) is 6.61 Å². The van der Waals surface area contributed by atoms with Gasteiger partial charge in [0.05, 0.1) is 39.5 Å². The van der Waals surface area contributed by atoms with E-state index in [1.807, 2.05) is 121 Å². The molecule has 1 aliphatic rings. The Morgan fingerprint density at radius 1 is 0.574 bits per heavy atom. The Hall–Kier alpha value is -2.98. The molecule has 248 valence electrons. The molecule has 1 saturated heterocycles. The summed E-state index contributed by atoms with van der Waals surface area (Å²) in [6, 6.07) is 39.4. The standard InChI is InChI=1S/C37H38Cl3NO6/c38-37(39,40)21-32(41)47-36-35(45-25-30-19-11-4-12-20-30)34(44-24-29-17-9-3-10-18-29)33(43-23-28-15-7-2-8-16-28)31(46-36)26-42-22-27-13-5-1-6-14-27/h1-20,31,33-36,41H,21-26H2/t31-,33-,34+,35-,36+/m1/s1. The minimum Gasteiger partial charge on any atom is -0.449 e. The molecule has 5 atom stereocenters. The normalized spacial score (nSPS) is 21.3. The van der Waals surface area contributed by atoms with Crippen molar-refractivity contribution in [1.29, 1.82) is 5.41 Å². The highest BCUT2D eigenvalue weighted by Crippen LogP contribution is 2.34. The topological polar surface area (TPSA) is 79.2 Å². The third kappa shape index (κ3) is 11.6. The highest BCUT2D eigenvalue weighted by atomic mass is 35.6. The van der Waals surface area contributed by atoms with E-state index in [0.29, 0.717) is 13.2 Å². The van der Waals surface area contributed by atoms with E-state index < -0.39 is 34.5 Å². The molecule has 0 saturated carbocycles. The summed E-state index contributed by atoms with van der Waals surface area (Å²) in [4.78, 5) is 0. The Kier molecular flexibility index (Phi) is 13.5. The molecule has 4 aromatic carbocycles. The van der Waals surface area contributed by atoms with E-state index in [2.05, 4.69) is 0 Å². The van der Waals surface area contributed by atoms with Gasteiger partial charge in [0.1, 0.15) is 24.4 Å². The van der Waals surface area contributed by atoms with Crippen LogP contribution in [-0.2, 0) is 54.8 Å². The molecule has 10 heteroatoms. The van der Waals surface area contributed by atoms with Gasteiger partial charge in [0, 0.05) is 0 Å². The van der Waals surface area contributed by atoms with E-state index in [-0.39, 0.29) is 32.1 Å². The quantitative estimate of drug-likeness (QED) is 0.0763. The highest BCUT2D eigenvalue weighted by molar-refractivity contribution is 6.68. The maximum atomic E-state index is 8.51. The number of benzene rings is 4. The second kappa shape index (κ2) is 18.0. The van der Waals surface area contributed by atoms with Gasteiger partial charge in [-0.2, -0.15) is 0 Å². The first kappa shape index (κ1) is 35.3. The van der Waals surface area contributed by atoms with Gasteiger partial charge in [-0.3, -0.25) is 5.41 Å². The molecule has 0 radical (unpaired) electrons. The van der Waals surface area contributed by atoms with E-state index in [0.717, 1.165) is 22.3 Å². The van der Waals surface area contributed by atoms with Gasteiger partial charge in [0.25, 0.3) is 0 Å². The van der Waals surface area contributed by atoms with Crippen molar-refractivity contribution >= 4 is 40.7 Å². The first-order valence-electron chi connectivity index (χ1n) is 15.4. The SMILES string of the molecule is N=C(CC(Cl)(Cl)Cl)O[C@@H]1O[C@H](COCc2ccccc2)[C@@H](OCc2ccccc2)[C@H](OCc2ccccc2)[C@H]1OCc1ccccc1. The molecule has 47 heavy (non-hydrogen) atoms. The predicted molar refractivity (Wildman–Crippen MR) is 184 cm³/mol. The van der Waals surface area contributed by atoms with Crippen molar-refractivity contribution < 1.29 is 28.4 Å². The summed E-state index contributed by atoms with van der Waals surface area (Å²) in [6.45, 7) is 1.33. The summed E-state index contributed by atoms with van der Waals surface area (Å²) in [7, 11) is 0. The van der Waals surface area contributed by atoms with Crippen LogP contribution in [0.4, 0.5) is 0 Å². The Morgan fingerprint density at radius 3 is 1.43 bits per heavy atom. The average Bonchev–Trinajstić information content (AvgIpc) is 3.07. The summed E-state index contributed by atoms with van der Waals surface area (Å²) in [6.07, 6.45) is -4.20. The molecule has 1 N–H and O–H groups in total. The van der Waals surface area contributed by atoms with Crippen molar-refractivity contribution in [2.24, 2.45) is 0 Å². The number of hydrogen-bond donors (Lipinski definition) is 1. The lowest BCUT2D eigenvalue weighted by Crippen LogP contribution is -2.62. The molecule has 5 rings (SSSR count). The van der Waals surface area contributed by atoms with Crippen molar-refractivity contribution in [3.05, 3.63) is 144 Å². The molecule has 1 fully saturated rings. The van der Waals surface area contributed by atoms with Crippen LogP contribution in [0.1, 0.15) is 28.7 Å². The Morgan fingerprint density at radius 2 is 0.979 bits per heavy atom. The largest absolute Gasteiger partial charge is 0.449 e. The molecule has 0 aliphatic carbocycles. The van der Waals surface area contributed by atoms with Gasteiger partial charge in [0.15, 0.2) is 9.69 Å². The van der Waals surface area contributed by atoms with Crippen molar-refractivity contribution in [2.45, 2.75) is 67.3 Å². The summed E-state index contributed by atoms with van der Waals surface area (Å²) >= 11 is 18.1. The Labute approximate surface area is 291 Å². The van der Waals surface area contributed by atoms with Crippen LogP contribution in [0, 0.1) is 5.41 Å². The van der Waals surface area contributed by atoms with Gasteiger partial charge in [-0.25, -0.2) is 0 Å². The van der Waals surface area contributed by atoms with Crippen LogP contribution < -0.4 is 0 Å². The third-order valence-electron chi connectivity index (χ3n) is 7.46.